The van der Waals surface area contributed by atoms with E-state index < -0.39 is 17.4 Å². The number of esters is 1. The first-order valence-corrected chi connectivity index (χ1v) is 14.0. The predicted molar refractivity (Wildman–Crippen MR) is 151 cm³/mol. The second kappa shape index (κ2) is 13.0. The van der Waals surface area contributed by atoms with Gasteiger partial charge in [0, 0.05) is 17.9 Å². The summed E-state index contributed by atoms with van der Waals surface area (Å²) in [4.78, 5) is 43.5. The monoisotopic (exact) mass is 531 g/mol. The molecule has 5 atom stereocenters. The smallest absolute Gasteiger partial charge is 0.333 e. The lowest BCUT2D eigenvalue weighted by atomic mass is 9.84. The molecule has 7 nitrogen and oxygen atoms in total. The third-order valence-electron chi connectivity index (χ3n) is 6.85. The van der Waals surface area contributed by atoms with Crippen molar-refractivity contribution in [2.45, 2.75) is 84.1 Å². The third-order valence-corrected chi connectivity index (χ3v) is 8.40. The fraction of sp³-hybridized carbons (Fsp3) is 0.621. The van der Waals surface area contributed by atoms with Crippen LogP contribution in [0.5, 0.6) is 0 Å². The van der Waals surface area contributed by atoms with Gasteiger partial charge in [-0.15, -0.1) is 11.8 Å². The van der Waals surface area contributed by atoms with E-state index in [1.165, 1.54) is 0 Å². The number of rotatable bonds is 9. The Morgan fingerprint density at radius 3 is 2.30 bits per heavy atom. The van der Waals surface area contributed by atoms with Crippen molar-refractivity contribution < 1.29 is 19.1 Å². The van der Waals surface area contributed by atoms with Crippen LogP contribution in [-0.2, 0) is 19.1 Å². The third kappa shape index (κ3) is 7.60. The van der Waals surface area contributed by atoms with Crippen LogP contribution in [0.1, 0.15) is 66.3 Å². The first kappa shape index (κ1) is 30.9. The maximum absolute atomic E-state index is 13.9. The summed E-state index contributed by atoms with van der Waals surface area (Å²) in [5.41, 5.74) is 1.10. The number of amides is 2. The molecule has 1 N–H and O–H groups in total. The zero-order chi connectivity index (χ0) is 28.1. The molecule has 1 aromatic carbocycles. The van der Waals surface area contributed by atoms with Gasteiger partial charge in [-0.2, -0.15) is 0 Å². The Morgan fingerprint density at radius 2 is 1.78 bits per heavy atom. The van der Waals surface area contributed by atoms with Crippen molar-refractivity contribution in [1.82, 2.24) is 15.1 Å². The molecule has 0 spiro atoms. The van der Waals surface area contributed by atoms with Crippen LogP contribution in [0.4, 0.5) is 0 Å². The van der Waals surface area contributed by atoms with Gasteiger partial charge in [0.2, 0.25) is 11.8 Å². The summed E-state index contributed by atoms with van der Waals surface area (Å²) in [6.07, 6.45) is 1.79. The van der Waals surface area contributed by atoms with E-state index in [0.717, 1.165) is 5.56 Å². The van der Waals surface area contributed by atoms with Crippen LogP contribution in [0.2, 0.25) is 0 Å². The molecule has 8 heteroatoms. The molecule has 0 aliphatic carbocycles. The molecule has 1 fully saturated rings. The van der Waals surface area contributed by atoms with Crippen molar-refractivity contribution in [1.29, 1.82) is 0 Å². The molecule has 206 valence electrons. The van der Waals surface area contributed by atoms with Gasteiger partial charge in [-0.05, 0) is 37.8 Å². The Morgan fingerprint density at radius 1 is 1.19 bits per heavy atom. The van der Waals surface area contributed by atoms with Gasteiger partial charge >= 0.3 is 5.97 Å². The van der Waals surface area contributed by atoms with Gasteiger partial charge in [-0.1, -0.05) is 78.0 Å². The first-order chi connectivity index (χ1) is 17.2. The number of benzene rings is 1. The summed E-state index contributed by atoms with van der Waals surface area (Å²) in [6, 6.07) is 8.73. The topological polar surface area (TPSA) is 79.0 Å². The highest BCUT2D eigenvalue weighted by Crippen LogP contribution is 2.44. The average molecular weight is 532 g/mol. The standard InChI is InChI=1S/C29H45N3O4S/c1-11-36-28(35)19(4)17-22(18(2)3)31(9)26(34)24(29(6,7)8)30-25(33)23-20(5)37-27(32(23)10)21-15-13-12-14-16-21/h12-18,20,22-24,27H,11H2,1-10H3,(H,30,33)/b19-17+/t20?,22-,23+,24-,27+/m1/s1. The van der Waals surface area contributed by atoms with Crippen molar-refractivity contribution in [2.75, 3.05) is 20.7 Å². The first-order valence-electron chi connectivity index (χ1n) is 13.1. The summed E-state index contributed by atoms with van der Waals surface area (Å²) in [6.45, 7) is 15.7. The van der Waals surface area contributed by atoms with E-state index in [1.54, 1.807) is 43.6 Å². The molecule has 2 amide bonds. The molecule has 37 heavy (non-hydrogen) atoms. The van der Waals surface area contributed by atoms with E-state index in [9.17, 15) is 14.4 Å². The van der Waals surface area contributed by atoms with Crippen molar-refractivity contribution >= 4 is 29.5 Å². The second-order valence-electron chi connectivity index (χ2n) is 11.3. The average Bonchev–Trinajstić information content (AvgIpc) is 3.13. The van der Waals surface area contributed by atoms with Crippen molar-refractivity contribution in [3.05, 3.63) is 47.5 Å². The Kier molecular flexibility index (Phi) is 10.8. The summed E-state index contributed by atoms with van der Waals surface area (Å²) in [5, 5.41) is 3.23. The fourth-order valence-electron chi connectivity index (χ4n) is 4.73. The lowest BCUT2D eigenvalue weighted by Crippen LogP contribution is -2.59. The number of nitrogens with one attached hydrogen (secondary N) is 1. The summed E-state index contributed by atoms with van der Waals surface area (Å²) >= 11 is 1.75. The number of carbonyl (C=O) groups is 3. The summed E-state index contributed by atoms with van der Waals surface area (Å²) < 4.78 is 5.12. The quantitative estimate of drug-likeness (QED) is 0.369. The molecule has 2 rings (SSSR count). The Bertz CT molecular complexity index is 973. The molecular formula is C29H45N3O4S. The van der Waals surface area contributed by atoms with Gasteiger partial charge in [-0.25, -0.2) is 4.79 Å². The zero-order valence-corrected chi connectivity index (χ0v) is 24.9. The molecule has 1 aliphatic rings. The highest BCUT2D eigenvalue weighted by atomic mass is 32.2. The van der Waals surface area contributed by atoms with Crippen LogP contribution in [0.25, 0.3) is 0 Å². The van der Waals surface area contributed by atoms with Crippen LogP contribution >= 0.6 is 11.8 Å². The highest BCUT2D eigenvalue weighted by molar-refractivity contribution is 8.00. The Labute approximate surface area is 227 Å². The van der Waals surface area contributed by atoms with Crippen LogP contribution < -0.4 is 5.32 Å². The van der Waals surface area contributed by atoms with E-state index in [-0.39, 0.29) is 40.4 Å². The molecule has 1 saturated heterocycles. The molecule has 1 aliphatic heterocycles. The minimum Gasteiger partial charge on any atom is -0.463 e. The maximum atomic E-state index is 13.9. The number of likely N-dealkylation sites (N-methyl/N-ethyl adjacent to an activating group) is 2. The van der Waals surface area contributed by atoms with Crippen LogP contribution in [0.15, 0.2) is 42.0 Å². The van der Waals surface area contributed by atoms with E-state index in [0.29, 0.717) is 12.2 Å². The van der Waals surface area contributed by atoms with E-state index >= 15 is 0 Å². The number of carbonyl (C=O) groups excluding carboxylic acids is 3. The molecule has 1 heterocycles. The SMILES string of the molecule is CCOC(=O)/C(C)=C/[C@H](C(C)C)N(C)C(=O)[C@@H](NC(=O)[C@@H]1C(C)S[C@@H](c2ccccc2)N1C)C(C)(C)C. The minimum absolute atomic E-state index is 0.0543. The second-order valence-corrected chi connectivity index (χ2v) is 12.7. The predicted octanol–water partition coefficient (Wildman–Crippen LogP) is 4.64. The van der Waals surface area contributed by atoms with Gasteiger partial charge in [0.25, 0.3) is 0 Å². The Balaban J connectivity index is 2.27. The van der Waals surface area contributed by atoms with E-state index in [4.69, 9.17) is 4.74 Å². The Hall–Kier alpha value is -2.32. The normalized spacial score (nSPS) is 22.5. The summed E-state index contributed by atoms with van der Waals surface area (Å²) in [5.74, 6) is -0.674. The molecule has 0 aromatic heterocycles. The van der Waals surface area contributed by atoms with Gasteiger partial charge in [0.15, 0.2) is 0 Å². The largest absolute Gasteiger partial charge is 0.463 e. The lowest BCUT2D eigenvalue weighted by molar-refractivity contribution is -0.141. The van der Waals surface area contributed by atoms with Gasteiger partial charge in [0.1, 0.15) is 12.1 Å². The zero-order valence-electron chi connectivity index (χ0n) is 24.1. The molecule has 0 bridgehead atoms. The van der Waals surface area contributed by atoms with Gasteiger partial charge in [0.05, 0.1) is 18.0 Å². The number of ether oxygens (including phenoxy) is 1. The molecule has 0 radical (unpaired) electrons. The van der Waals surface area contributed by atoms with E-state index in [2.05, 4.69) is 29.3 Å². The lowest BCUT2D eigenvalue weighted by Gasteiger charge is -2.38. The molecule has 1 aromatic rings. The summed E-state index contributed by atoms with van der Waals surface area (Å²) in [7, 11) is 3.70. The maximum Gasteiger partial charge on any atom is 0.333 e. The molecule has 0 saturated carbocycles. The van der Waals surface area contributed by atoms with Crippen molar-refractivity contribution in [2.24, 2.45) is 11.3 Å². The van der Waals surface area contributed by atoms with Crippen LogP contribution in [-0.4, -0.2) is 71.7 Å². The van der Waals surface area contributed by atoms with Gasteiger partial charge in [-0.3, -0.25) is 14.5 Å². The number of thioether (sulfide) groups is 1. The molecular weight excluding hydrogens is 486 g/mol. The molecule has 1 unspecified atom stereocenters. The minimum atomic E-state index is -0.732. The van der Waals surface area contributed by atoms with Crippen LogP contribution in [0, 0.1) is 11.3 Å². The number of hydrogen-bond donors (Lipinski definition) is 1. The highest BCUT2D eigenvalue weighted by Gasteiger charge is 2.45. The van der Waals surface area contributed by atoms with Gasteiger partial charge < -0.3 is 15.0 Å². The van der Waals surface area contributed by atoms with Crippen molar-refractivity contribution in [3.63, 3.8) is 0 Å². The van der Waals surface area contributed by atoms with E-state index in [1.807, 2.05) is 59.9 Å². The van der Waals surface area contributed by atoms with Crippen molar-refractivity contribution in [3.8, 4) is 0 Å². The number of hydrogen-bond acceptors (Lipinski definition) is 6. The number of nitrogens with zero attached hydrogens (tertiary/aromatic N) is 2. The fourth-order valence-corrected chi connectivity index (χ4v) is 6.24. The van der Waals surface area contributed by atoms with Crippen LogP contribution in [0.3, 0.4) is 0 Å².